The van der Waals surface area contributed by atoms with Crippen molar-refractivity contribution in [3.8, 4) is 28.3 Å². The maximum atomic E-state index is 13.8. The number of rotatable bonds is 10. The Morgan fingerprint density at radius 2 is 1.84 bits per heavy atom. The van der Waals surface area contributed by atoms with E-state index in [9.17, 15) is 4.79 Å². The molecule has 0 spiro atoms. The highest BCUT2D eigenvalue weighted by molar-refractivity contribution is 5.79. The first kappa shape index (κ1) is 25.3. The van der Waals surface area contributed by atoms with Gasteiger partial charge in [-0.3, -0.25) is 14.1 Å². The van der Waals surface area contributed by atoms with Crippen LogP contribution in [-0.4, -0.2) is 44.5 Å². The molecule has 4 aromatic heterocycles. The van der Waals surface area contributed by atoms with Crippen molar-refractivity contribution in [3.05, 3.63) is 82.4 Å². The first-order chi connectivity index (χ1) is 18.5. The Hall–Kier alpha value is -4.34. The number of H-pyrrole nitrogens is 1. The molecule has 196 valence electrons. The standard InChI is InChI=1S/C28H33N9O/c1-5-7-10-22-18-36(27-25(19(3)4)16-30-37(27)6-2)28(38)35(22)17-21-14-13-20(15-29-21)23-11-8-9-12-24(23)26-31-33-34-32-26/h8-9,11-16,18-19H,5-7,10,17H2,1-4H3,(H,31,32,33,34). The molecule has 4 heterocycles. The number of pyridine rings is 1. The second-order valence-electron chi connectivity index (χ2n) is 9.69. The van der Waals surface area contributed by atoms with Crippen molar-refractivity contribution in [2.75, 3.05) is 0 Å². The molecular weight excluding hydrogens is 478 g/mol. The Morgan fingerprint density at radius 1 is 1.03 bits per heavy atom. The van der Waals surface area contributed by atoms with Crippen LogP contribution in [0.5, 0.6) is 0 Å². The second-order valence-corrected chi connectivity index (χ2v) is 9.69. The Bertz CT molecular complexity index is 1560. The Morgan fingerprint density at radius 3 is 2.50 bits per heavy atom. The number of hydrogen-bond donors (Lipinski definition) is 1. The molecular formula is C28H33N9O. The summed E-state index contributed by atoms with van der Waals surface area (Å²) in [6.07, 6.45) is 8.60. The third-order valence-corrected chi connectivity index (χ3v) is 6.82. The molecule has 0 aliphatic rings. The van der Waals surface area contributed by atoms with Gasteiger partial charge in [0.15, 0.2) is 5.82 Å². The van der Waals surface area contributed by atoms with Gasteiger partial charge in [0.25, 0.3) is 0 Å². The van der Waals surface area contributed by atoms with Crippen LogP contribution in [0.1, 0.15) is 63.4 Å². The number of benzene rings is 1. The number of nitrogens with one attached hydrogen (secondary N) is 1. The molecule has 0 bridgehead atoms. The molecule has 0 saturated carbocycles. The van der Waals surface area contributed by atoms with Gasteiger partial charge in [0.05, 0.1) is 18.4 Å². The molecule has 0 saturated heterocycles. The number of imidazole rings is 1. The number of hydrogen-bond acceptors (Lipinski definition) is 6. The van der Waals surface area contributed by atoms with E-state index in [4.69, 9.17) is 4.98 Å². The van der Waals surface area contributed by atoms with Gasteiger partial charge in [-0.1, -0.05) is 57.5 Å². The minimum atomic E-state index is -0.0674. The van der Waals surface area contributed by atoms with Gasteiger partial charge in [0, 0.05) is 41.3 Å². The lowest BCUT2D eigenvalue weighted by Gasteiger charge is -2.10. The van der Waals surface area contributed by atoms with Crippen molar-refractivity contribution >= 4 is 0 Å². The highest BCUT2D eigenvalue weighted by Gasteiger charge is 2.21. The van der Waals surface area contributed by atoms with Crippen molar-refractivity contribution in [1.29, 1.82) is 0 Å². The van der Waals surface area contributed by atoms with Gasteiger partial charge in [-0.15, -0.1) is 5.10 Å². The van der Waals surface area contributed by atoms with Gasteiger partial charge in [0.1, 0.15) is 5.82 Å². The summed E-state index contributed by atoms with van der Waals surface area (Å²) >= 11 is 0. The highest BCUT2D eigenvalue weighted by Crippen LogP contribution is 2.29. The van der Waals surface area contributed by atoms with Crippen LogP contribution in [0.4, 0.5) is 0 Å². The molecule has 38 heavy (non-hydrogen) atoms. The average molecular weight is 512 g/mol. The summed E-state index contributed by atoms with van der Waals surface area (Å²) in [5.41, 5.74) is 5.65. The molecule has 0 radical (unpaired) electrons. The van der Waals surface area contributed by atoms with Gasteiger partial charge in [-0.25, -0.2) is 14.6 Å². The van der Waals surface area contributed by atoms with E-state index in [1.165, 1.54) is 0 Å². The maximum absolute atomic E-state index is 13.8. The van der Waals surface area contributed by atoms with E-state index in [2.05, 4.69) is 46.5 Å². The number of nitrogens with zero attached hydrogens (tertiary/aromatic N) is 8. The van der Waals surface area contributed by atoms with Crippen molar-refractivity contribution in [2.45, 2.75) is 66.0 Å². The molecule has 5 rings (SSSR count). The van der Waals surface area contributed by atoms with E-state index in [1.807, 2.05) is 71.2 Å². The third kappa shape index (κ3) is 4.81. The zero-order valence-electron chi connectivity index (χ0n) is 22.3. The SMILES string of the molecule is CCCCc1cn(-c2c(C(C)C)cnn2CC)c(=O)n1Cc1ccc(-c2ccccc2-c2nnn[nH]2)cn1. The summed E-state index contributed by atoms with van der Waals surface area (Å²) in [6.45, 7) is 9.56. The summed E-state index contributed by atoms with van der Waals surface area (Å²) in [7, 11) is 0. The average Bonchev–Trinajstić information content (AvgIpc) is 3.68. The smallest absolute Gasteiger partial charge is 0.290 e. The van der Waals surface area contributed by atoms with Crippen LogP contribution in [0.15, 0.2) is 59.8 Å². The fourth-order valence-corrected chi connectivity index (χ4v) is 4.75. The molecule has 1 N–H and O–H groups in total. The van der Waals surface area contributed by atoms with Crippen LogP contribution < -0.4 is 5.69 Å². The van der Waals surface area contributed by atoms with Crippen molar-refractivity contribution in [3.63, 3.8) is 0 Å². The molecule has 5 aromatic rings. The first-order valence-electron chi connectivity index (χ1n) is 13.2. The number of aryl methyl sites for hydroxylation is 2. The lowest BCUT2D eigenvalue weighted by atomic mass is 10.0. The second kappa shape index (κ2) is 11.0. The maximum Gasteiger partial charge on any atom is 0.334 e. The molecule has 0 aliphatic carbocycles. The molecule has 0 amide bonds. The topological polar surface area (TPSA) is 112 Å². The first-order valence-corrected chi connectivity index (χ1v) is 13.2. The van der Waals surface area contributed by atoms with Crippen molar-refractivity contribution < 1.29 is 0 Å². The fraction of sp³-hybridized carbons (Fsp3) is 0.357. The minimum Gasteiger partial charge on any atom is -0.290 e. The van der Waals surface area contributed by atoms with Gasteiger partial charge >= 0.3 is 5.69 Å². The molecule has 10 heteroatoms. The Balaban J connectivity index is 1.50. The Kier molecular flexibility index (Phi) is 7.30. The highest BCUT2D eigenvalue weighted by atomic mass is 16.1. The lowest BCUT2D eigenvalue weighted by Crippen LogP contribution is -2.27. The monoisotopic (exact) mass is 511 g/mol. The van der Waals surface area contributed by atoms with Crippen LogP contribution in [0.25, 0.3) is 28.3 Å². The van der Waals surface area contributed by atoms with Crippen LogP contribution in [0.3, 0.4) is 0 Å². The summed E-state index contributed by atoms with van der Waals surface area (Å²) in [6, 6.07) is 11.9. The Labute approximate surface area is 221 Å². The molecule has 0 fully saturated rings. The zero-order chi connectivity index (χ0) is 26.6. The van der Waals surface area contributed by atoms with Crippen molar-refractivity contribution in [1.82, 2.24) is 44.5 Å². The van der Waals surface area contributed by atoms with Gasteiger partial charge in [-0.2, -0.15) is 5.10 Å². The molecule has 1 aromatic carbocycles. The lowest BCUT2D eigenvalue weighted by molar-refractivity contribution is 0.620. The largest absolute Gasteiger partial charge is 0.334 e. The van der Waals surface area contributed by atoms with Crippen LogP contribution in [0, 0.1) is 0 Å². The molecule has 0 atom stereocenters. The molecule has 0 unspecified atom stereocenters. The fourth-order valence-electron chi connectivity index (χ4n) is 4.75. The summed E-state index contributed by atoms with van der Waals surface area (Å²) in [5, 5.41) is 18.8. The van der Waals surface area contributed by atoms with Crippen LogP contribution in [-0.2, 0) is 19.5 Å². The molecule has 0 aliphatic heterocycles. The number of aromatic nitrogens is 9. The third-order valence-electron chi connectivity index (χ3n) is 6.82. The minimum absolute atomic E-state index is 0.0674. The summed E-state index contributed by atoms with van der Waals surface area (Å²) < 4.78 is 5.52. The summed E-state index contributed by atoms with van der Waals surface area (Å²) in [4.78, 5) is 18.5. The van der Waals surface area contributed by atoms with Crippen LogP contribution >= 0.6 is 0 Å². The normalized spacial score (nSPS) is 11.5. The van der Waals surface area contributed by atoms with Gasteiger partial charge in [-0.05, 0) is 47.7 Å². The van der Waals surface area contributed by atoms with E-state index in [0.29, 0.717) is 18.9 Å². The summed E-state index contributed by atoms with van der Waals surface area (Å²) in [5.74, 6) is 1.71. The zero-order valence-corrected chi connectivity index (χ0v) is 22.3. The van der Waals surface area contributed by atoms with Crippen LogP contribution in [0.2, 0.25) is 0 Å². The van der Waals surface area contributed by atoms with E-state index in [1.54, 1.807) is 4.57 Å². The van der Waals surface area contributed by atoms with E-state index in [-0.39, 0.29) is 11.6 Å². The van der Waals surface area contributed by atoms with E-state index in [0.717, 1.165) is 58.7 Å². The van der Waals surface area contributed by atoms with E-state index >= 15 is 0 Å². The predicted molar refractivity (Wildman–Crippen MR) is 146 cm³/mol. The number of tetrazole rings is 1. The number of aromatic amines is 1. The number of unbranched alkanes of at least 4 members (excludes halogenated alkanes) is 1. The van der Waals surface area contributed by atoms with E-state index < -0.39 is 0 Å². The van der Waals surface area contributed by atoms with Crippen molar-refractivity contribution in [2.24, 2.45) is 0 Å². The van der Waals surface area contributed by atoms with Gasteiger partial charge < -0.3 is 0 Å². The molecule has 10 nitrogen and oxygen atoms in total. The quantitative estimate of drug-likeness (QED) is 0.293. The van der Waals surface area contributed by atoms with Gasteiger partial charge in [0.2, 0.25) is 0 Å². The predicted octanol–water partition coefficient (Wildman–Crippen LogP) is 4.61.